The van der Waals surface area contributed by atoms with Gasteiger partial charge in [-0.2, -0.15) is 0 Å². The minimum absolute atomic E-state index is 0.0109. The Hall–Kier alpha value is -2.25. The predicted octanol–water partition coefficient (Wildman–Crippen LogP) is 0.889. The molecule has 7 heteroatoms. The Bertz CT molecular complexity index is 709. The van der Waals surface area contributed by atoms with Crippen LogP contribution in [0, 0.1) is 5.92 Å². The number of para-hydroxylation sites is 1. The quantitative estimate of drug-likeness (QED) is 0.738. The highest BCUT2D eigenvalue weighted by Gasteiger charge is 2.44. The fraction of sp³-hybridized carbons (Fsp3) is 0.550. The molecule has 1 aromatic carbocycles. The van der Waals surface area contributed by atoms with Crippen LogP contribution >= 0.6 is 0 Å². The topological polar surface area (TPSA) is 70.2 Å². The number of ether oxygens (including phenoxy) is 1. The number of amides is 3. The number of morpholine rings is 1. The van der Waals surface area contributed by atoms with Gasteiger partial charge in [0.2, 0.25) is 11.8 Å². The summed E-state index contributed by atoms with van der Waals surface area (Å²) in [6.07, 6.45) is 1.69. The fourth-order valence-electron chi connectivity index (χ4n) is 4.25. The van der Waals surface area contributed by atoms with E-state index in [0.29, 0.717) is 45.1 Å². The normalized spacial score (nSPS) is 25.3. The molecule has 3 heterocycles. The number of carbonyl (C=O) groups excluding carboxylic acids is 3. The summed E-state index contributed by atoms with van der Waals surface area (Å²) < 4.78 is 5.31. The first kappa shape index (κ1) is 18.1. The highest BCUT2D eigenvalue weighted by Crippen LogP contribution is 2.29. The fourth-order valence-corrected chi connectivity index (χ4v) is 4.25. The van der Waals surface area contributed by atoms with Crippen LogP contribution in [-0.4, -0.2) is 73.0 Å². The summed E-state index contributed by atoms with van der Waals surface area (Å²) in [5.41, 5.74) is 0.632. The monoisotopic (exact) mass is 371 g/mol. The van der Waals surface area contributed by atoms with Crippen LogP contribution in [0.4, 0.5) is 5.69 Å². The molecule has 3 aliphatic rings. The number of likely N-dealkylation sites (tertiary alicyclic amines) is 1. The lowest BCUT2D eigenvalue weighted by Gasteiger charge is -2.37. The Labute approximate surface area is 158 Å². The molecule has 144 valence electrons. The zero-order chi connectivity index (χ0) is 18.8. The summed E-state index contributed by atoms with van der Waals surface area (Å²) in [6, 6.07) is 8.67. The van der Waals surface area contributed by atoms with Crippen molar-refractivity contribution in [1.82, 2.24) is 9.80 Å². The van der Waals surface area contributed by atoms with Gasteiger partial charge in [-0.25, -0.2) is 4.90 Å². The van der Waals surface area contributed by atoms with Crippen molar-refractivity contribution in [2.24, 2.45) is 5.92 Å². The van der Waals surface area contributed by atoms with Crippen molar-refractivity contribution in [2.75, 3.05) is 44.3 Å². The van der Waals surface area contributed by atoms with E-state index in [2.05, 4.69) is 4.90 Å². The van der Waals surface area contributed by atoms with Crippen LogP contribution in [0.2, 0.25) is 0 Å². The first-order valence-corrected chi connectivity index (χ1v) is 9.67. The van der Waals surface area contributed by atoms with Crippen LogP contribution in [-0.2, 0) is 19.1 Å². The van der Waals surface area contributed by atoms with Crippen molar-refractivity contribution in [2.45, 2.75) is 25.3 Å². The molecule has 3 amide bonds. The van der Waals surface area contributed by atoms with Crippen molar-refractivity contribution in [3.05, 3.63) is 30.3 Å². The van der Waals surface area contributed by atoms with Gasteiger partial charge >= 0.3 is 0 Å². The van der Waals surface area contributed by atoms with E-state index in [1.54, 1.807) is 12.1 Å². The molecule has 0 N–H and O–H groups in total. The van der Waals surface area contributed by atoms with E-state index in [1.807, 2.05) is 23.1 Å². The zero-order valence-electron chi connectivity index (χ0n) is 15.4. The van der Waals surface area contributed by atoms with Crippen molar-refractivity contribution in [1.29, 1.82) is 0 Å². The van der Waals surface area contributed by atoms with E-state index in [0.717, 1.165) is 12.8 Å². The summed E-state index contributed by atoms with van der Waals surface area (Å²) in [6.45, 7) is 3.90. The van der Waals surface area contributed by atoms with Gasteiger partial charge in [-0.05, 0) is 38.1 Å². The third-order valence-electron chi connectivity index (χ3n) is 5.78. The average molecular weight is 371 g/mol. The van der Waals surface area contributed by atoms with Gasteiger partial charge < -0.3 is 9.64 Å². The number of carbonyl (C=O) groups is 3. The smallest absolute Gasteiger partial charge is 0.251 e. The molecule has 0 spiro atoms. The number of anilines is 1. The number of hydrogen-bond donors (Lipinski definition) is 0. The minimum Gasteiger partial charge on any atom is -0.378 e. The molecule has 27 heavy (non-hydrogen) atoms. The second-order valence-corrected chi connectivity index (χ2v) is 7.37. The molecule has 3 saturated heterocycles. The third-order valence-corrected chi connectivity index (χ3v) is 5.78. The third kappa shape index (κ3) is 3.61. The molecule has 0 aromatic heterocycles. The van der Waals surface area contributed by atoms with Gasteiger partial charge in [0.15, 0.2) is 0 Å². The van der Waals surface area contributed by atoms with E-state index in [-0.39, 0.29) is 30.1 Å². The lowest BCUT2D eigenvalue weighted by atomic mass is 9.94. The minimum atomic E-state index is -0.405. The molecule has 0 radical (unpaired) electrons. The summed E-state index contributed by atoms with van der Waals surface area (Å²) >= 11 is 0. The first-order chi connectivity index (χ1) is 13.1. The van der Waals surface area contributed by atoms with Gasteiger partial charge in [0.1, 0.15) is 0 Å². The summed E-state index contributed by atoms with van der Waals surface area (Å²) in [5.74, 6) is -0.0821. The van der Waals surface area contributed by atoms with Gasteiger partial charge in [-0.1, -0.05) is 18.2 Å². The predicted molar refractivity (Wildman–Crippen MR) is 99.0 cm³/mol. The van der Waals surface area contributed by atoms with Crippen molar-refractivity contribution < 1.29 is 19.1 Å². The number of imide groups is 1. The number of benzene rings is 1. The second-order valence-electron chi connectivity index (χ2n) is 7.37. The van der Waals surface area contributed by atoms with E-state index in [9.17, 15) is 14.4 Å². The molecule has 4 rings (SSSR count). The maximum Gasteiger partial charge on any atom is 0.251 e. The molecular weight excluding hydrogens is 346 g/mol. The van der Waals surface area contributed by atoms with Crippen molar-refractivity contribution in [3.8, 4) is 0 Å². The van der Waals surface area contributed by atoms with Gasteiger partial charge in [-0.15, -0.1) is 0 Å². The van der Waals surface area contributed by atoms with Crippen LogP contribution in [0.3, 0.4) is 0 Å². The van der Waals surface area contributed by atoms with Crippen LogP contribution in [0.15, 0.2) is 30.3 Å². The van der Waals surface area contributed by atoms with E-state index >= 15 is 0 Å². The molecule has 3 aliphatic heterocycles. The standard InChI is InChI=1S/C20H25N3O4/c24-18-14-17(20(26)23(18)16-4-2-1-3-5-16)21-8-6-15(7-9-21)19(25)22-10-12-27-13-11-22/h1-5,15,17H,6-14H2/t17-/m0/s1. The molecule has 1 atom stereocenters. The van der Waals surface area contributed by atoms with Crippen LogP contribution in [0.5, 0.6) is 0 Å². The Kier molecular flexibility index (Phi) is 5.22. The number of piperidine rings is 1. The number of rotatable bonds is 3. The van der Waals surface area contributed by atoms with Gasteiger partial charge in [0.05, 0.1) is 31.4 Å². The maximum absolute atomic E-state index is 12.9. The second kappa shape index (κ2) is 7.78. The van der Waals surface area contributed by atoms with Gasteiger partial charge in [0.25, 0.3) is 5.91 Å². The zero-order valence-corrected chi connectivity index (χ0v) is 15.4. The van der Waals surface area contributed by atoms with Crippen molar-refractivity contribution in [3.63, 3.8) is 0 Å². The highest BCUT2D eigenvalue weighted by atomic mass is 16.5. The molecular formula is C20H25N3O4. The maximum atomic E-state index is 12.9. The molecule has 7 nitrogen and oxygen atoms in total. The summed E-state index contributed by atoms with van der Waals surface area (Å²) in [4.78, 5) is 43.2. The first-order valence-electron chi connectivity index (χ1n) is 9.67. The lowest BCUT2D eigenvalue weighted by molar-refractivity contribution is -0.141. The van der Waals surface area contributed by atoms with E-state index < -0.39 is 6.04 Å². The molecule has 1 aromatic rings. The van der Waals surface area contributed by atoms with E-state index in [1.165, 1.54) is 4.90 Å². The summed E-state index contributed by atoms with van der Waals surface area (Å²) in [5, 5.41) is 0. The molecule has 0 aliphatic carbocycles. The van der Waals surface area contributed by atoms with Crippen LogP contribution in [0.25, 0.3) is 0 Å². The van der Waals surface area contributed by atoms with Gasteiger partial charge in [0, 0.05) is 19.0 Å². The lowest BCUT2D eigenvalue weighted by Crippen LogP contribution is -2.50. The number of hydrogen-bond acceptors (Lipinski definition) is 5. The SMILES string of the molecule is O=C(C1CCN([C@H]2CC(=O)N(c3ccccc3)C2=O)CC1)N1CCOCC1. The molecule has 3 fully saturated rings. The van der Waals surface area contributed by atoms with Gasteiger partial charge in [-0.3, -0.25) is 19.3 Å². The molecule has 0 unspecified atom stereocenters. The summed E-state index contributed by atoms with van der Waals surface area (Å²) in [7, 11) is 0. The molecule has 0 saturated carbocycles. The number of nitrogens with zero attached hydrogens (tertiary/aromatic N) is 3. The van der Waals surface area contributed by atoms with Crippen LogP contribution < -0.4 is 4.90 Å². The largest absolute Gasteiger partial charge is 0.378 e. The van der Waals surface area contributed by atoms with Crippen molar-refractivity contribution >= 4 is 23.4 Å². The Morgan fingerprint density at radius 3 is 2.30 bits per heavy atom. The average Bonchev–Trinajstić information content (AvgIpc) is 3.03. The highest BCUT2D eigenvalue weighted by molar-refractivity contribution is 6.22. The Balaban J connectivity index is 1.36. The molecule has 0 bridgehead atoms. The van der Waals surface area contributed by atoms with E-state index in [4.69, 9.17) is 4.74 Å². The van der Waals surface area contributed by atoms with Crippen LogP contribution in [0.1, 0.15) is 19.3 Å². The Morgan fingerprint density at radius 1 is 0.963 bits per heavy atom. The Morgan fingerprint density at radius 2 is 1.63 bits per heavy atom.